The summed E-state index contributed by atoms with van der Waals surface area (Å²) >= 11 is 0. The molecule has 24 heavy (non-hydrogen) atoms. The molecule has 2 fully saturated rings. The Bertz CT molecular complexity index is 747. The van der Waals surface area contributed by atoms with Crippen LogP contribution in [0.4, 0.5) is 4.39 Å². The molecule has 2 aliphatic rings. The number of amides is 1. The molecule has 0 radical (unpaired) electrons. The van der Waals surface area contributed by atoms with E-state index in [9.17, 15) is 9.18 Å². The van der Waals surface area contributed by atoms with Crippen molar-refractivity contribution in [2.75, 3.05) is 13.1 Å². The molecule has 5 nitrogen and oxygen atoms in total. The summed E-state index contributed by atoms with van der Waals surface area (Å²) in [6.07, 6.45) is 4.51. The summed E-state index contributed by atoms with van der Waals surface area (Å²) in [5, 5.41) is 8.41. The molecule has 6 heteroatoms. The van der Waals surface area contributed by atoms with Crippen LogP contribution < -0.4 is 0 Å². The Hall–Kier alpha value is -2.24. The number of benzene rings is 1. The van der Waals surface area contributed by atoms with Crippen LogP contribution in [-0.2, 0) is 0 Å². The van der Waals surface area contributed by atoms with Crippen molar-refractivity contribution in [3.05, 3.63) is 41.5 Å². The molecule has 1 heterocycles. The van der Waals surface area contributed by atoms with Crippen LogP contribution in [0.2, 0.25) is 0 Å². The zero-order chi connectivity index (χ0) is 16.7. The topological polar surface area (TPSA) is 51.0 Å². The van der Waals surface area contributed by atoms with Crippen molar-refractivity contribution in [2.24, 2.45) is 5.92 Å². The highest BCUT2D eigenvalue weighted by Crippen LogP contribution is 2.42. The standard InChI is InChI=1S/C18H21FN4O/c1-2-22(11-12-3-4-12)18(24)16-17(13-5-6-13)23(21-20-16)15-9-7-14(19)8-10-15/h7-10,12-13H,2-6,11H2,1H3. The highest BCUT2D eigenvalue weighted by atomic mass is 19.1. The minimum Gasteiger partial charge on any atom is -0.337 e. The molecule has 4 rings (SSSR count). The number of nitrogens with zero attached hydrogens (tertiary/aromatic N) is 4. The predicted octanol–water partition coefficient (Wildman–Crippen LogP) is 3.16. The summed E-state index contributed by atoms with van der Waals surface area (Å²) in [6, 6.07) is 6.15. The number of carbonyl (C=O) groups excluding carboxylic acids is 1. The van der Waals surface area contributed by atoms with Gasteiger partial charge in [0.05, 0.1) is 11.4 Å². The van der Waals surface area contributed by atoms with E-state index >= 15 is 0 Å². The number of halogens is 1. The molecule has 0 atom stereocenters. The van der Waals surface area contributed by atoms with Gasteiger partial charge in [-0.05, 0) is 62.8 Å². The Morgan fingerprint density at radius 2 is 1.96 bits per heavy atom. The first-order valence-corrected chi connectivity index (χ1v) is 8.68. The van der Waals surface area contributed by atoms with Gasteiger partial charge >= 0.3 is 0 Å². The maximum Gasteiger partial charge on any atom is 0.276 e. The fourth-order valence-electron chi connectivity index (χ4n) is 3.06. The number of hydrogen-bond donors (Lipinski definition) is 0. The van der Waals surface area contributed by atoms with Crippen molar-refractivity contribution < 1.29 is 9.18 Å². The Balaban J connectivity index is 1.68. The van der Waals surface area contributed by atoms with Crippen molar-refractivity contribution in [1.29, 1.82) is 0 Å². The normalized spacial score (nSPS) is 17.1. The first-order valence-electron chi connectivity index (χ1n) is 8.68. The highest BCUT2D eigenvalue weighted by Gasteiger charge is 2.36. The quantitative estimate of drug-likeness (QED) is 0.818. The molecule has 0 spiro atoms. The third-order valence-corrected chi connectivity index (χ3v) is 4.79. The van der Waals surface area contributed by atoms with Gasteiger partial charge in [-0.1, -0.05) is 5.21 Å². The second-order valence-corrected chi connectivity index (χ2v) is 6.77. The lowest BCUT2D eigenvalue weighted by Crippen LogP contribution is -2.33. The maximum absolute atomic E-state index is 13.2. The average molecular weight is 328 g/mol. The van der Waals surface area contributed by atoms with E-state index in [0.717, 1.165) is 30.8 Å². The van der Waals surface area contributed by atoms with E-state index in [1.54, 1.807) is 16.8 Å². The summed E-state index contributed by atoms with van der Waals surface area (Å²) in [7, 11) is 0. The van der Waals surface area contributed by atoms with Crippen LogP contribution in [0.3, 0.4) is 0 Å². The van der Waals surface area contributed by atoms with Crippen LogP contribution in [-0.4, -0.2) is 38.9 Å². The van der Waals surface area contributed by atoms with Crippen LogP contribution in [0, 0.1) is 11.7 Å². The smallest absolute Gasteiger partial charge is 0.276 e. The van der Waals surface area contributed by atoms with Gasteiger partial charge < -0.3 is 4.90 Å². The fraction of sp³-hybridized carbons (Fsp3) is 0.500. The van der Waals surface area contributed by atoms with Crippen molar-refractivity contribution >= 4 is 5.91 Å². The second-order valence-electron chi connectivity index (χ2n) is 6.77. The first-order chi connectivity index (χ1) is 11.7. The molecule has 0 bridgehead atoms. The van der Waals surface area contributed by atoms with Crippen molar-refractivity contribution in [3.8, 4) is 5.69 Å². The fourth-order valence-corrected chi connectivity index (χ4v) is 3.06. The summed E-state index contributed by atoms with van der Waals surface area (Å²) in [5.74, 6) is 0.651. The molecule has 1 amide bonds. The van der Waals surface area contributed by atoms with E-state index in [0.29, 0.717) is 24.1 Å². The SMILES string of the molecule is CCN(CC1CC1)C(=O)c1nnn(-c2ccc(F)cc2)c1C1CC1. The van der Waals surface area contributed by atoms with Crippen LogP contribution in [0.15, 0.2) is 24.3 Å². The van der Waals surface area contributed by atoms with Crippen molar-refractivity contribution in [3.63, 3.8) is 0 Å². The molecule has 0 unspecified atom stereocenters. The van der Waals surface area contributed by atoms with Gasteiger partial charge in [-0.2, -0.15) is 0 Å². The Kier molecular flexibility index (Phi) is 3.82. The van der Waals surface area contributed by atoms with Crippen LogP contribution in [0.1, 0.15) is 54.7 Å². The zero-order valence-corrected chi connectivity index (χ0v) is 13.8. The summed E-state index contributed by atoms with van der Waals surface area (Å²) in [4.78, 5) is 14.8. The summed E-state index contributed by atoms with van der Waals surface area (Å²) < 4.78 is 14.9. The molecule has 126 valence electrons. The van der Waals surface area contributed by atoms with Gasteiger partial charge in [-0.3, -0.25) is 4.79 Å². The van der Waals surface area contributed by atoms with E-state index in [1.165, 1.54) is 25.0 Å². The third-order valence-electron chi connectivity index (χ3n) is 4.79. The largest absolute Gasteiger partial charge is 0.337 e. The Morgan fingerprint density at radius 1 is 1.25 bits per heavy atom. The van der Waals surface area contributed by atoms with Crippen molar-refractivity contribution in [2.45, 2.75) is 38.5 Å². The summed E-state index contributed by atoms with van der Waals surface area (Å²) in [5.41, 5.74) is 2.08. The van der Waals surface area contributed by atoms with Gasteiger partial charge in [-0.15, -0.1) is 5.10 Å². The Labute approximate surface area is 140 Å². The molecular weight excluding hydrogens is 307 g/mol. The lowest BCUT2D eigenvalue weighted by atomic mass is 10.2. The maximum atomic E-state index is 13.2. The van der Waals surface area contributed by atoms with Crippen LogP contribution in [0.25, 0.3) is 5.69 Å². The first kappa shape index (κ1) is 15.3. The van der Waals surface area contributed by atoms with E-state index in [-0.39, 0.29) is 11.7 Å². The monoisotopic (exact) mass is 328 g/mol. The molecule has 2 saturated carbocycles. The van der Waals surface area contributed by atoms with Gasteiger partial charge in [0.1, 0.15) is 5.82 Å². The van der Waals surface area contributed by atoms with E-state index in [4.69, 9.17) is 0 Å². The van der Waals surface area contributed by atoms with E-state index in [2.05, 4.69) is 10.3 Å². The third kappa shape index (κ3) is 2.92. The number of hydrogen-bond acceptors (Lipinski definition) is 3. The zero-order valence-electron chi connectivity index (χ0n) is 13.8. The van der Waals surface area contributed by atoms with Gasteiger partial charge in [0.2, 0.25) is 0 Å². The number of rotatable bonds is 6. The number of aromatic nitrogens is 3. The van der Waals surface area contributed by atoms with Gasteiger partial charge in [0.15, 0.2) is 5.69 Å². The van der Waals surface area contributed by atoms with E-state index in [1.807, 2.05) is 11.8 Å². The minimum absolute atomic E-state index is 0.0281. The highest BCUT2D eigenvalue weighted by molar-refractivity contribution is 5.93. The molecule has 0 aliphatic heterocycles. The second kappa shape index (κ2) is 6.00. The molecular formula is C18H21FN4O. The molecule has 0 N–H and O–H groups in total. The molecule has 0 saturated heterocycles. The van der Waals surface area contributed by atoms with Crippen LogP contribution >= 0.6 is 0 Å². The Morgan fingerprint density at radius 3 is 2.54 bits per heavy atom. The molecule has 2 aliphatic carbocycles. The summed E-state index contributed by atoms with van der Waals surface area (Å²) in [6.45, 7) is 3.49. The molecule has 1 aromatic carbocycles. The number of carbonyl (C=O) groups is 1. The van der Waals surface area contributed by atoms with Gasteiger partial charge in [0.25, 0.3) is 5.91 Å². The molecule has 2 aromatic rings. The van der Waals surface area contributed by atoms with Gasteiger partial charge in [0, 0.05) is 19.0 Å². The molecule has 1 aromatic heterocycles. The lowest BCUT2D eigenvalue weighted by Gasteiger charge is -2.20. The lowest BCUT2D eigenvalue weighted by molar-refractivity contribution is 0.0749. The van der Waals surface area contributed by atoms with E-state index < -0.39 is 0 Å². The van der Waals surface area contributed by atoms with Gasteiger partial charge in [-0.25, -0.2) is 9.07 Å². The van der Waals surface area contributed by atoms with Crippen molar-refractivity contribution in [1.82, 2.24) is 19.9 Å². The predicted molar refractivity (Wildman–Crippen MR) is 87.6 cm³/mol. The average Bonchev–Trinajstić information content (AvgIpc) is 3.52. The van der Waals surface area contributed by atoms with Crippen LogP contribution in [0.5, 0.6) is 0 Å². The minimum atomic E-state index is -0.287.